The van der Waals surface area contributed by atoms with Gasteiger partial charge in [0.2, 0.25) is 9.47 Å². The molecule has 3 aromatic carbocycles. The highest BCUT2D eigenvalue weighted by Gasteiger charge is 2.31. The van der Waals surface area contributed by atoms with E-state index >= 15 is 0 Å². The molecule has 0 saturated heterocycles. The molecule has 2 heterocycles. The highest BCUT2D eigenvalue weighted by molar-refractivity contribution is 7.91. The van der Waals surface area contributed by atoms with Crippen LogP contribution in [-0.2, 0) is 19.6 Å². The highest BCUT2D eigenvalue weighted by atomic mass is 32.2. The molecular formula is C30H24N8O6S2. The van der Waals surface area contributed by atoms with Crippen molar-refractivity contribution in [3.63, 3.8) is 0 Å². The maximum atomic E-state index is 14.1. The van der Waals surface area contributed by atoms with Gasteiger partial charge in [-0.25, -0.2) is 18.2 Å². The van der Waals surface area contributed by atoms with Gasteiger partial charge in [-0.1, -0.05) is 78.1 Å². The minimum absolute atomic E-state index is 0.0497. The average molecular weight is 657 g/mol. The molecule has 14 nitrogen and oxygen atoms in total. The van der Waals surface area contributed by atoms with Gasteiger partial charge in [-0.15, -0.1) is 10.2 Å². The molecule has 2 aromatic heterocycles. The molecule has 232 valence electrons. The minimum atomic E-state index is -4.17. The van der Waals surface area contributed by atoms with Gasteiger partial charge in [0.15, 0.2) is 29.1 Å². The summed E-state index contributed by atoms with van der Waals surface area (Å²) in [7, 11) is -4.17. The van der Waals surface area contributed by atoms with Gasteiger partial charge in [0.25, 0.3) is 15.9 Å². The van der Waals surface area contributed by atoms with Crippen molar-refractivity contribution in [2.75, 3.05) is 5.32 Å². The second-order valence-electron chi connectivity index (χ2n) is 9.78. The van der Waals surface area contributed by atoms with Crippen LogP contribution in [0, 0.1) is 0 Å². The Bertz CT molecular complexity index is 2100. The molecule has 0 radical (unpaired) electrons. The Labute approximate surface area is 266 Å². The molecule has 0 aliphatic rings. The van der Waals surface area contributed by atoms with Gasteiger partial charge in [-0.2, -0.15) is 15.3 Å². The average Bonchev–Trinajstić information content (AvgIpc) is 3.67. The molecule has 46 heavy (non-hydrogen) atoms. The van der Waals surface area contributed by atoms with E-state index < -0.39 is 43.7 Å². The summed E-state index contributed by atoms with van der Waals surface area (Å²) in [6.07, 6.45) is 0. The standard InChI is InChI=1S/C30H24N8O6S2/c1-17(39)24(18(2)40)34-33-21-14-9-15-22(16-21)38-26(19-10-5-3-6-11-19)23(27(41)20-12-7-4-8-13-20)25(37-38)28(42)32-29-35-36-30(45-29)46(31,43)44/h3-16,24H,1-2H3,(H2,31,43,44)(H,32,35,42). The molecule has 1 amide bonds. The van der Waals surface area contributed by atoms with Crippen LogP contribution in [-0.4, -0.2) is 57.7 Å². The van der Waals surface area contributed by atoms with E-state index in [-0.39, 0.29) is 33.3 Å². The summed E-state index contributed by atoms with van der Waals surface area (Å²) in [5.41, 5.74) is 1.38. The van der Waals surface area contributed by atoms with E-state index in [1.165, 1.54) is 18.5 Å². The SMILES string of the molecule is CC(=O)C(N=Nc1cccc(-n2nc(C(=O)Nc3nnc(S(N)(=O)=O)s3)c(C(=O)c3ccccc3)c2-c2ccccc2)c1)C(C)=O. The Balaban J connectivity index is 1.70. The molecule has 3 N–H and O–H groups in total. The number of nitrogens with two attached hydrogens (primary N) is 1. The first-order valence-corrected chi connectivity index (χ1v) is 15.8. The summed E-state index contributed by atoms with van der Waals surface area (Å²) in [6, 6.07) is 22.3. The number of nitrogens with zero attached hydrogens (tertiary/aromatic N) is 6. The number of primary sulfonamides is 1. The van der Waals surface area contributed by atoms with Crippen molar-refractivity contribution in [1.82, 2.24) is 20.0 Å². The number of sulfonamides is 1. The molecule has 0 atom stereocenters. The quantitative estimate of drug-likeness (QED) is 0.0904. The monoisotopic (exact) mass is 656 g/mol. The van der Waals surface area contributed by atoms with Crippen LogP contribution in [0.4, 0.5) is 10.8 Å². The first-order valence-electron chi connectivity index (χ1n) is 13.4. The number of nitrogens with one attached hydrogen (secondary N) is 1. The minimum Gasteiger partial charge on any atom is -0.297 e. The molecule has 5 aromatic rings. The summed E-state index contributed by atoms with van der Waals surface area (Å²) in [6.45, 7) is 2.49. The predicted octanol–water partition coefficient (Wildman–Crippen LogP) is 4.15. The number of ketones is 3. The number of azo groups is 1. The van der Waals surface area contributed by atoms with E-state index in [1.54, 1.807) is 84.9 Å². The van der Waals surface area contributed by atoms with Crippen LogP contribution in [0.5, 0.6) is 0 Å². The first kappa shape index (κ1) is 31.8. The van der Waals surface area contributed by atoms with Crippen molar-refractivity contribution in [3.8, 4) is 16.9 Å². The van der Waals surface area contributed by atoms with Gasteiger partial charge in [0.05, 0.1) is 22.6 Å². The van der Waals surface area contributed by atoms with E-state index in [1.807, 2.05) is 0 Å². The molecule has 16 heteroatoms. The number of aromatic nitrogens is 4. The molecule has 0 fully saturated rings. The summed E-state index contributed by atoms with van der Waals surface area (Å²) >= 11 is 0.533. The highest BCUT2D eigenvalue weighted by Crippen LogP contribution is 2.33. The normalized spacial score (nSPS) is 11.6. The lowest BCUT2D eigenvalue weighted by Crippen LogP contribution is -2.23. The van der Waals surface area contributed by atoms with E-state index in [0.717, 1.165) is 0 Å². The molecule has 0 aliphatic heterocycles. The van der Waals surface area contributed by atoms with Crippen molar-refractivity contribution < 1.29 is 27.6 Å². The third-order valence-corrected chi connectivity index (χ3v) is 8.56. The molecule has 0 bridgehead atoms. The van der Waals surface area contributed by atoms with E-state index in [2.05, 4.69) is 30.8 Å². The van der Waals surface area contributed by atoms with Crippen molar-refractivity contribution in [2.45, 2.75) is 24.2 Å². The van der Waals surface area contributed by atoms with Crippen LogP contribution in [0.2, 0.25) is 0 Å². The van der Waals surface area contributed by atoms with Crippen LogP contribution in [0.1, 0.15) is 40.3 Å². The van der Waals surface area contributed by atoms with Crippen LogP contribution in [0.3, 0.4) is 0 Å². The third kappa shape index (κ3) is 6.88. The zero-order chi connectivity index (χ0) is 33.0. The Hall–Kier alpha value is -5.58. The fourth-order valence-corrected chi connectivity index (χ4v) is 5.70. The Kier molecular flexibility index (Phi) is 9.13. The van der Waals surface area contributed by atoms with Crippen molar-refractivity contribution in [2.24, 2.45) is 15.4 Å². The summed E-state index contributed by atoms with van der Waals surface area (Å²) in [5, 5.41) is 27.2. The van der Waals surface area contributed by atoms with Gasteiger partial charge in [-0.05, 0) is 32.0 Å². The van der Waals surface area contributed by atoms with Gasteiger partial charge in [-0.3, -0.25) is 24.5 Å². The predicted molar refractivity (Wildman–Crippen MR) is 168 cm³/mol. The largest absolute Gasteiger partial charge is 0.297 e. The topological polar surface area (TPSA) is 209 Å². The van der Waals surface area contributed by atoms with Crippen molar-refractivity contribution in [3.05, 3.63) is 102 Å². The Morgan fingerprint density at radius 1 is 0.891 bits per heavy atom. The molecular weight excluding hydrogens is 633 g/mol. The number of hydrogen-bond donors (Lipinski definition) is 2. The van der Waals surface area contributed by atoms with Crippen molar-refractivity contribution in [1.29, 1.82) is 0 Å². The number of carbonyl (C=O) groups is 4. The number of anilines is 1. The summed E-state index contributed by atoms with van der Waals surface area (Å²) in [4.78, 5) is 51.6. The molecule has 5 rings (SSSR count). The number of benzene rings is 3. The molecule has 0 aliphatic carbocycles. The molecule has 0 spiro atoms. The lowest BCUT2D eigenvalue weighted by molar-refractivity contribution is -0.126. The lowest BCUT2D eigenvalue weighted by Gasteiger charge is -2.11. The number of rotatable bonds is 11. The third-order valence-electron chi connectivity index (χ3n) is 6.41. The summed E-state index contributed by atoms with van der Waals surface area (Å²) < 4.78 is 24.3. The smallest absolute Gasteiger partial charge is 0.278 e. The number of hydrogen-bond acceptors (Lipinski definition) is 12. The van der Waals surface area contributed by atoms with Crippen LogP contribution in [0.25, 0.3) is 16.9 Å². The second-order valence-corrected chi connectivity index (χ2v) is 12.5. The van der Waals surface area contributed by atoms with Crippen LogP contribution in [0.15, 0.2) is 99.5 Å². The van der Waals surface area contributed by atoms with Crippen molar-refractivity contribution >= 4 is 55.4 Å². The fourth-order valence-electron chi connectivity index (χ4n) is 4.37. The summed E-state index contributed by atoms with van der Waals surface area (Å²) in [5.74, 6) is -2.30. The van der Waals surface area contributed by atoms with Gasteiger partial charge >= 0.3 is 0 Å². The van der Waals surface area contributed by atoms with Crippen LogP contribution >= 0.6 is 11.3 Å². The Morgan fingerprint density at radius 3 is 2.15 bits per heavy atom. The number of Topliss-reactive ketones (excluding diaryl/α,β-unsaturated/α-hetero) is 2. The molecule has 0 saturated carbocycles. The van der Waals surface area contributed by atoms with Gasteiger partial charge in [0, 0.05) is 11.1 Å². The fraction of sp³-hybridized carbons (Fsp3) is 0.100. The zero-order valence-corrected chi connectivity index (χ0v) is 25.8. The lowest BCUT2D eigenvalue weighted by atomic mass is 9.97. The first-order chi connectivity index (χ1) is 21.9. The molecule has 0 unspecified atom stereocenters. The maximum absolute atomic E-state index is 14.1. The van der Waals surface area contributed by atoms with Gasteiger partial charge in [0.1, 0.15) is 0 Å². The van der Waals surface area contributed by atoms with Crippen LogP contribution < -0.4 is 10.5 Å². The van der Waals surface area contributed by atoms with E-state index in [0.29, 0.717) is 22.6 Å². The second kappa shape index (κ2) is 13.2. The Morgan fingerprint density at radius 2 is 1.54 bits per heavy atom. The van der Waals surface area contributed by atoms with Gasteiger partial charge < -0.3 is 0 Å². The van der Waals surface area contributed by atoms with E-state index in [9.17, 15) is 27.6 Å². The maximum Gasteiger partial charge on any atom is 0.278 e. The van der Waals surface area contributed by atoms with E-state index in [4.69, 9.17) is 5.14 Å². The zero-order valence-electron chi connectivity index (χ0n) is 24.2. The number of carbonyl (C=O) groups excluding carboxylic acids is 4. The number of amides is 1.